The number of non-ortho nitro benzene ring substituents is 1. The summed E-state index contributed by atoms with van der Waals surface area (Å²) in [5, 5.41) is 13.9. The van der Waals surface area contributed by atoms with Crippen molar-refractivity contribution in [1.29, 1.82) is 0 Å². The van der Waals surface area contributed by atoms with Gasteiger partial charge in [0.15, 0.2) is 6.04 Å². The smallest absolute Gasteiger partial charge is 0.282 e. The molecule has 2 N–H and O–H groups in total. The molecule has 1 saturated heterocycles. The van der Waals surface area contributed by atoms with E-state index in [1.807, 2.05) is 6.92 Å². The molecule has 0 saturated carbocycles. The molecule has 8 heteroatoms. The van der Waals surface area contributed by atoms with Gasteiger partial charge in [0.05, 0.1) is 43.9 Å². The molecule has 0 aliphatic carbocycles. The van der Waals surface area contributed by atoms with Crippen LogP contribution in [0.2, 0.25) is 0 Å². The van der Waals surface area contributed by atoms with Crippen molar-refractivity contribution < 1.29 is 19.4 Å². The molecule has 2 aromatic carbocycles. The highest BCUT2D eigenvalue weighted by atomic mass is 16.6. The van der Waals surface area contributed by atoms with E-state index >= 15 is 0 Å². The van der Waals surface area contributed by atoms with Crippen molar-refractivity contribution in [2.24, 2.45) is 0 Å². The van der Waals surface area contributed by atoms with Gasteiger partial charge in [-0.05, 0) is 44.0 Å². The summed E-state index contributed by atoms with van der Waals surface area (Å²) in [6.45, 7) is 9.58. The van der Waals surface area contributed by atoms with Crippen molar-refractivity contribution in [1.82, 2.24) is 0 Å². The highest BCUT2D eigenvalue weighted by Gasteiger charge is 2.30. The number of rotatable bonds is 6. The van der Waals surface area contributed by atoms with Crippen LogP contribution < -0.4 is 19.9 Å². The Kier molecular flexibility index (Phi) is 6.56. The Balaban J connectivity index is 1.65. The number of amides is 1. The summed E-state index contributed by atoms with van der Waals surface area (Å²) in [5.74, 6) is 0.222. The first kappa shape index (κ1) is 21.6. The summed E-state index contributed by atoms with van der Waals surface area (Å²) < 4.78 is 5.24. The van der Waals surface area contributed by atoms with E-state index in [1.165, 1.54) is 47.0 Å². The Morgan fingerprint density at radius 3 is 2.57 bits per heavy atom. The van der Waals surface area contributed by atoms with Crippen LogP contribution in [0.1, 0.15) is 18.1 Å². The van der Waals surface area contributed by atoms with E-state index in [0.717, 1.165) is 26.2 Å². The molecule has 30 heavy (non-hydrogen) atoms. The number of nitro benzene ring substituents is 1. The second-order valence-corrected chi connectivity index (χ2v) is 7.72. The lowest BCUT2D eigenvalue weighted by molar-refractivity contribution is -0.914. The Morgan fingerprint density at radius 2 is 1.93 bits per heavy atom. The zero-order chi connectivity index (χ0) is 21.8. The average Bonchev–Trinajstić information content (AvgIpc) is 2.75. The minimum absolute atomic E-state index is 0.0896. The number of hydrogen-bond donors (Lipinski definition) is 2. The van der Waals surface area contributed by atoms with Gasteiger partial charge in [-0.3, -0.25) is 14.9 Å². The normalized spacial score (nSPS) is 15.5. The van der Waals surface area contributed by atoms with Gasteiger partial charge < -0.3 is 19.9 Å². The standard InChI is InChI=1S/C22H28N4O4/c1-15-6-5-7-20(16(15)2)25-12-10-24(11-13-25)17(3)22(27)23-19-14-18(26(28)29)8-9-21(19)30-4/h5-9,14,17H,10-13H2,1-4H3,(H,23,27)/p+1/t17-/m1/s1. The number of methoxy groups -OCH3 is 1. The Labute approximate surface area is 176 Å². The van der Waals surface area contributed by atoms with E-state index in [-0.39, 0.29) is 17.6 Å². The van der Waals surface area contributed by atoms with Crippen molar-refractivity contribution in [3.05, 3.63) is 57.6 Å². The van der Waals surface area contributed by atoms with Crippen molar-refractivity contribution in [3.8, 4) is 5.75 Å². The molecule has 2 aromatic rings. The number of nitro groups is 1. The Bertz CT molecular complexity index is 939. The lowest BCUT2D eigenvalue weighted by Crippen LogP contribution is -3.19. The molecule has 1 fully saturated rings. The number of quaternary nitrogens is 1. The number of hydrogen-bond acceptors (Lipinski definition) is 5. The summed E-state index contributed by atoms with van der Waals surface area (Å²) in [5.41, 5.74) is 4.06. The fraction of sp³-hybridized carbons (Fsp3) is 0.409. The van der Waals surface area contributed by atoms with Gasteiger partial charge >= 0.3 is 0 Å². The molecule has 1 amide bonds. The van der Waals surface area contributed by atoms with E-state index in [4.69, 9.17) is 4.74 Å². The van der Waals surface area contributed by atoms with E-state index in [0.29, 0.717) is 11.4 Å². The predicted molar refractivity (Wildman–Crippen MR) is 117 cm³/mol. The summed E-state index contributed by atoms with van der Waals surface area (Å²) in [4.78, 5) is 27.0. The first-order valence-corrected chi connectivity index (χ1v) is 10.1. The van der Waals surface area contributed by atoms with Crippen LogP contribution in [0.15, 0.2) is 36.4 Å². The van der Waals surface area contributed by atoms with E-state index in [9.17, 15) is 14.9 Å². The van der Waals surface area contributed by atoms with E-state index in [2.05, 4.69) is 42.3 Å². The summed E-state index contributed by atoms with van der Waals surface area (Å²) in [7, 11) is 1.47. The number of aryl methyl sites for hydroxylation is 1. The maximum Gasteiger partial charge on any atom is 0.282 e. The highest BCUT2D eigenvalue weighted by Crippen LogP contribution is 2.29. The molecule has 1 aliphatic heterocycles. The molecular weight excluding hydrogens is 384 g/mol. The Morgan fingerprint density at radius 1 is 1.23 bits per heavy atom. The van der Waals surface area contributed by atoms with Crippen LogP contribution in [-0.4, -0.2) is 50.2 Å². The second kappa shape index (κ2) is 9.13. The third-order valence-electron chi connectivity index (χ3n) is 5.98. The molecule has 0 radical (unpaired) electrons. The minimum atomic E-state index is -0.490. The lowest BCUT2D eigenvalue weighted by atomic mass is 10.1. The number of benzene rings is 2. The molecule has 1 atom stereocenters. The summed E-state index contributed by atoms with van der Waals surface area (Å²) in [6, 6.07) is 10.3. The highest BCUT2D eigenvalue weighted by molar-refractivity contribution is 5.95. The van der Waals surface area contributed by atoms with Crippen LogP contribution in [0.5, 0.6) is 5.75 Å². The minimum Gasteiger partial charge on any atom is -0.495 e. The number of carbonyl (C=O) groups is 1. The third kappa shape index (κ3) is 4.54. The van der Waals surface area contributed by atoms with Gasteiger partial charge in [-0.15, -0.1) is 0 Å². The van der Waals surface area contributed by atoms with Crippen molar-refractivity contribution in [3.63, 3.8) is 0 Å². The van der Waals surface area contributed by atoms with Gasteiger partial charge in [-0.1, -0.05) is 12.1 Å². The van der Waals surface area contributed by atoms with Crippen LogP contribution in [0.3, 0.4) is 0 Å². The average molecular weight is 413 g/mol. The topological polar surface area (TPSA) is 89.1 Å². The molecule has 0 bridgehead atoms. The monoisotopic (exact) mass is 413 g/mol. The van der Waals surface area contributed by atoms with Crippen LogP contribution in [0.4, 0.5) is 17.1 Å². The van der Waals surface area contributed by atoms with Gasteiger partial charge in [0.1, 0.15) is 5.75 Å². The van der Waals surface area contributed by atoms with Gasteiger partial charge in [0.25, 0.3) is 11.6 Å². The maximum atomic E-state index is 12.8. The van der Waals surface area contributed by atoms with Gasteiger partial charge in [0.2, 0.25) is 0 Å². The molecular formula is C22H29N4O4+. The fourth-order valence-electron chi connectivity index (χ4n) is 3.88. The molecule has 160 valence electrons. The molecule has 0 unspecified atom stereocenters. The lowest BCUT2D eigenvalue weighted by Gasteiger charge is -2.36. The van der Waals surface area contributed by atoms with Crippen molar-refractivity contribution in [2.75, 3.05) is 43.5 Å². The second-order valence-electron chi connectivity index (χ2n) is 7.72. The summed E-state index contributed by atoms with van der Waals surface area (Å²) >= 11 is 0. The predicted octanol–water partition coefficient (Wildman–Crippen LogP) is 1.95. The zero-order valence-corrected chi connectivity index (χ0v) is 17.9. The van der Waals surface area contributed by atoms with Crippen LogP contribution in [0, 0.1) is 24.0 Å². The third-order valence-corrected chi connectivity index (χ3v) is 5.98. The maximum absolute atomic E-state index is 12.8. The van der Waals surface area contributed by atoms with E-state index in [1.54, 1.807) is 0 Å². The van der Waals surface area contributed by atoms with Crippen LogP contribution in [0.25, 0.3) is 0 Å². The summed E-state index contributed by atoms with van der Waals surface area (Å²) in [6.07, 6.45) is 0. The quantitative estimate of drug-likeness (QED) is 0.558. The number of ether oxygens (including phenoxy) is 1. The van der Waals surface area contributed by atoms with Gasteiger partial charge in [0, 0.05) is 17.8 Å². The molecule has 1 aliphatic rings. The first-order chi connectivity index (χ1) is 14.3. The first-order valence-electron chi connectivity index (χ1n) is 10.1. The van der Waals surface area contributed by atoms with Gasteiger partial charge in [-0.25, -0.2) is 0 Å². The number of carbonyl (C=O) groups excluding carboxylic acids is 1. The number of piperazine rings is 1. The van der Waals surface area contributed by atoms with E-state index < -0.39 is 4.92 Å². The zero-order valence-electron chi connectivity index (χ0n) is 17.9. The molecule has 0 aromatic heterocycles. The fourth-order valence-corrected chi connectivity index (χ4v) is 3.88. The van der Waals surface area contributed by atoms with Crippen molar-refractivity contribution in [2.45, 2.75) is 26.8 Å². The molecule has 1 heterocycles. The number of anilines is 2. The largest absolute Gasteiger partial charge is 0.495 e. The van der Waals surface area contributed by atoms with Crippen LogP contribution >= 0.6 is 0 Å². The molecule has 0 spiro atoms. The molecule has 3 rings (SSSR count). The number of nitrogens with zero attached hydrogens (tertiary/aromatic N) is 2. The van der Waals surface area contributed by atoms with Crippen molar-refractivity contribution >= 4 is 23.0 Å². The molecule has 8 nitrogen and oxygen atoms in total. The van der Waals surface area contributed by atoms with Crippen LogP contribution in [-0.2, 0) is 4.79 Å². The number of nitrogens with one attached hydrogen (secondary N) is 2. The Hall–Kier alpha value is -3.13. The SMILES string of the molecule is COc1ccc([N+](=O)[O-])cc1NC(=O)[C@@H](C)[NH+]1CCN(c2cccc(C)c2C)CC1. The van der Waals surface area contributed by atoms with Gasteiger partial charge in [-0.2, -0.15) is 0 Å².